The molecule has 0 radical (unpaired) electrons. The van der Waals surface area contributed by atoms with Crippen molar-refractivity contribution in [2.24, 2.45) is 0 Å². The minimum Gasteiger partial charge on any atom is -0.494 e. The van der Waals surface area contributed by atoms with Crippen LogP contribution in [-0.2, 0) is 0 Å². The first kappa shape index (κ1) is 15.0. The summed E-state index contributed by atoms with van der Waals surface area (Å²) in [5.74, 6) is 1.84. The Morgan fingerprint density at radius 3 is 3.12 bits per heavy atom. The monoisotopic (exact) mass is 323 g/mol. The maximum atomic E-state index is 5.87. The minimum absolute atomic E-state index is 0.710. The molecule has 0 fully saturated rings. The highest BCUT2D eigenvalue weighted by Gasteiger charge is 2.12. The highest BCUT2D eigenvalue weighted by Crippen LogP contribution is 2.27. The van der Waals surface area contributed by atoms with Gasteiger partial charge in [-0.3, -0.25) is 0 Å². The van der Waals surface area contributed by atoms with Gasteiger partial charge >= 0.3 is 0 Å². The molecule has 0 spiro atoms. The summed E-state index contributed by atoms with van der Waals surface area (Å²) in [6.07, 6.45) is 4.81. The molecule has 2 aromatic heterocycles. The standard InChI is InChI=1S/C18H21N5O/c1-22-10-8-19-7-3-11-24-15-5-2-4-14(12-15)16-13-20-23-9-6-17(22)21-18(16)23/h2,4-6,9,12-13,19H,3,7-8,10-11H2,1H3. The fourth-order valence-corrected chi connectivity index (χ4v) is 2.90. The molecule has 0 amide bonds. The number of benzene rings is 1. The second-order valence-electron chi connectivity index (χ2n) is 6.01. The Balaban J connectivity index is 1.81. The molecule has 0 saturated heterocycles. The molecule has 1 N–H and O–H groups in total. The maximum absolute atomic E-state index is 5.87. The lowest BCUT2D eigenvalue weighted by molar-refractivity contribution is 0.308. The fraction of sp³-hybridized carbons (Fsp3) is 0.333. The van der Waals surface area contributed by atoms with E-state index in [-0.39, 0.29) is 0 Å². The van der Waals surface area contributed by atoms with E-state index in [4.69, 9.17) is 9.72 Å². The van der Waals surface area contributed by atoms with Gasteiger partial charge in [-0.2, -0.15) is 5.10 Å². The molecule has 4 rings (SSSR count). The molecule has 1 aliphatic rings. The van der Waals surface area contributed by atoms with Gasteiger partial charge in [0.25, 0.3) is 0 Å². The second-order valence-corrected chi connectivity index (χ2v) is 6.01. The maximum Gasteiger partial charge on any atom is 0.165 e. The van der Waals surface area contributed by atoms with Gasteiger partial charge in [0.15, 0.2) is 5.65 Å². The molecule has 0 aliphatic carbocycles. The summed E-state index contributed by atoms with van der Waals surface area (Å²) in [6.45, 7) is 3.48. The summed E-state index contributed by atoms with van der Waals surface area (Å²) in [5, 5.41) is 7.87. The van der Waals surface area contributed by atoms with Crippen molar-refractivity contribution in [1.29, 1.82) is 0 Å². The molecule has 3 heterocycles. The van der Waals surface area contributed by atoms with E-state index in [1.807, 2.05) is 35.1 Å². The van der Waals surface area contributed by atoms with Crippen molar-refractivity contribution in [1.82, 2.24) is 19.9 Å². The summed E-state index contributed by atoms with van der Waals surface area (Å²) in [4.78, 5) is 6.98. The average Bonchev–Trinajstić information content (AvgIpc) is 3.03. The van der Waals surface area contributed by atoms with Gasteiger partial charge in [0.2, 0.25) is 0 Å². The quantitative estimate of drug-likeness (QED) is 0.687. The molecule has 1 aliphatic heterocycles. The fourth-order valence-electron chi connectivity index (χ4n) is 2.90. The van der Waals surface area contributed by atoms with Gasteiger partial charge in [0.1, 0.15) is 11.6 Å². The van der Waals surface area contributed by atoms with Gasteiger partial charge in [0, 0.05) is 31.9 Å². The SMILES string of the molecule is CN1CCNCCCOc2cccc(c2)-c2cnn3ccc1nc23. The number of rotatable bonds is 0. The zero-order valence-electron chi connectivity index (χ0n) is 13.8. The lowest BCUT2D eigenvalue weighted by atomic mass is 10.1. The molecular formula is C18H21N5O. The normalized spacial score (nSPS) is 15.8. The first-order chi connectivity index (χ1) is 11.8. The highest BCUT2D eigenvalue weighted by molar-refractivity contribution is 5.78. The first-order valence-corrected chi connectivity index (χ1v) is 8.31. The van der Waals surface area contributed by atoms with Gasteiger partial charge in [-0.25, -0.2) is 9.50 Å². The molecule has 24 heavy (non-hydrogen) atoms. The van der Waals surface area contributed by atoms with E-state index in [0.29, 0.717) is 6.61 Å². The van der Waals surface area contributed by atoms with Gasteiger partial charge in [-0.05, 0) is 36.7 Å². The molecule has 0 atom stereocenters. The van der Waals surface area contributed by atoms with Crippen LogP contribution in [0, 0.1) is 0 Å². The van der Waals surface area contributed by atoms with E-state index in [1.165, 1.54) is 0 Å². The van der Waals surface area contributed by atoms with Crippen molar-refractivity contribution >= 4 is 11.5 Å². The van der Waals surface area contributed by atoms with Crippen LogP contribution in [-0.4, -0.2) is 47.9 Å². The number of nitrogens with one attached hydrogen (secondary N) is 1. The second kappa shape index (κ2) is 6.49. The van der Waals surface area contributed by atoms with Crippen molar-refractivity contribution in [3.8, 4) is 16.9 Å². The van der Waals surface area contributed by atoms with Crippen LogP contribution >= 0.6 is 0 Å². The number of nitrogens with zero attached hydrogens (tertiary/aromatic N) is 4. The predicted molar refractivity (Wildman–Crippen MR) is 94.7 cm³/mol. The van der Waals surface area contributed by atoms with Gasteiger partial charge < -0.3 is 15.0 Å². The summed E-state index contributed by atoms with van der Waals surface area (Å²) in [6, 6.07) is 10.1. The Hall–Kier alpha value is -2.60. The third-order valence-corrected chi connectivity index (χ3v) is 4.28. The van der Waals surface area contributed by atoms with E-state index < -0.39 is 0 Å². The number of ether oxygens (including phenoxy) is 1. The number of hydrogen-bond donors (Lipinski definition) is 1. The van der Waals surface area contributed by atoms with Crippen molar-refractivity contribution in [2.75, 3.05) is 38.2 Å². The molecule has 0 saturated carbocycles. The Kier molecular flexibility index (Phi) is 4.04. The molecule has 4 bridgehead atoms. The largest absolute Gasteiger partial charge is 0.494 e. The molecule has 1 aromatic carbocycles. The van der Waals surface area contributed by atoms with E-state index >= 15 is 0 Å². The van der Waals surface area contributed by atoms with E-state index in [2.05, 4.69) is 34.5 Å². The number of likely N-dealkylation sites (N-methyl/N-ethyl adjacent to an activating group) is 1. The third-order valence-electron chi connectivity index (χ3n) is 4.28. The van der Waals surface area contributed by atoms with Crippen LogP contribution in [0.2, 0.25) is 0 Å². The zero-order valence-corrected chi connectivity index (χ0v) is 13.8. The minimum atomic E-state index is 0.710. The Morgan fingerprint density at radius 2 is 2.17 bits per heavy atom. The van der Waals surface area contributed by atoms with Crippen LogP contribution in [0.3, 0.4) is 0 Å². The number of aromatic nitrogens is 3. The summed E-state index contributed by atoms with van der Waals surface area (Å²) < 4.78 is 7.69. The number of fused-ring (bicyclic) bond motifs is 4. The summed E-state index contributed by atoms with van der Waals surface area (Å²) in [7, 11) is 2.07. The van der Waals surface area contributed by atoms with Crippen molar-refractivity contribution in [2.45, 2.75) is 6.42 Å². The Labute approximate surface area is 141 Å². The number of hydrogen-bond acceptors (Lipinski definition) is 5. The summed E-state index contributed by atoms with van der Waals surface area (Å²) in [5.41, 5.74) is 2.95. The van der Waals surface area contributed by atoms with Crippen LogP contribution in [0.1, 0.15) is 6.42 Å². The molecule has 6 heteroatoms. The van der Waals surface area contributed by atoms with Crippen LogP contribution < -0.4 is 15.0 Å². The van der Waals surface area contributed by atoms with Gasteiger partial charge in [-0.1, -0.05) is 12.1 Å². The van der Waals surface area contributed by atoms with Crippen molar-refractivity contribution in [3.05, 3.63) is 42.7 Å². The lowest BCUT2D eigenvalue weighted by Crippen LogP contribution is -2.30. The lowest BCUT2D eigenvalue weighted by Gasteiger charge is -2.18. The van der Waals surface area contributed by atoms with Crippen LogP contribution in [0.15, 0.2) is 42.7 Å². The molecule has 3 aromatic rings. The first-order valence-electron chi connectivity index (χ1n) is 8.31. The molecule has 6 nitrogen and oxygen atoms in total. The summed E-state index contributed by atoms with van der Waals surface area (Å²) >= 11 is 0. The smallest absolute Gasteiger partial charge is 0.165 e. The molecule has 124 valence electrons. The third kappa shape index (κ3) is 2.92. The average molecular weight is 323 g/mol. The number of anilines is 1. The molecule has 0 unspecified atom stereocenters. The van der Waals surface area contributed by atoms with Crippen LogP contribution in [0.25, 0.3) is 16.8 Å². The predicted octanol–water partition coefficient (Wildman–Crippen LogP) is 2.20. The van der Waals surface area contributed by atoms with Gasteiger partial charge in [0.05, 0.1) is 12.8 Å². The topological polar surface area (TPSA) is 54.7 Å². The Morgan fingerprint density at radius 1 is 1.21 bits per heavy atom. The Bertz CT molecular complexity index is 844. The van der Waals surface area contributed by atoms with E-state index in [0.717, 1.165) is 54.4 Å². The highest BCUT2D eigenvalue weighted by atomic mass is 16.5. The van der Waals surface area contributed by atoms with Crippen LogP contribution in [0.5, 0.6) is 5.75 Å². The van der Waals surface area contributed by atoms with Crippen molar-refractivity contribution < 1.29 is 4.74 Å². The van der Waals surface area contributed by atoms with Crippen LogP contribution in [0.4, 0.5) is 5.82 Å². The van der Waals surface area contributed by atoms with Crippen molar-refractivity contribution in [3.63, 3.8) is 0 Å². The van der Waals surface area contributed by atoms with E-state index in [9.17, 15) is 0 Å². The zero-order chi connectivity index (χ0) is 16.4. The molecular weight excluding hydrogens is 302 g/mol. The van der Waals surface area contributed by atoms with E-state index in [1.54, 1.807) is 0 Å². The van der Waals surface area contributed by atoms with Gasteiger partial charge in [-0.15, -0.1) is 0 Å².